The van der Waals surface area contributed by atoms with Crippen LogP contribution in [0, 0.1) is 5.82 Å². The maximum atomic E-state index is 13.8. The van der Waals surface area contributed by atoms with Crippen LogP contribution in [-0.4, -0.2) is 42.4 Å². The van der Waals surface area contributed by atoms with Gasteiger partial charge in [-0.3, -0.25) is 4.79 Å². The molecule has 2 rings (SSSR count). The highest BCUT2D eigenvalue weighted by molar-refractivity contribution is 7.89. The Morgan fingerprint density at radius 2 is 2.00 bits per heavy atom. The van der Waals surface area contributed by atoms with Gasteiger partial charge in [0, 0.05) is 6.54 Å². The molecule has 1 aromatic carbocycles. The number of sulfonamides is 1. The maximum absolute atomic E-state index is 13.8. The van der Waals surface area contributed by atoms with E-state index in [-0.39, 0.29) is 13.0 Å². The first-order chi connectivity index (χ1) is 9.85. The Hall–Kier alpha value is -1.51. The molecule has 1 saturated heterocycles. The summed E-state index contributed by atoms with van der Waals surface area (Å²) in [4.78, 5) is 11.0. The Morgan fingerprint density at radius 1 is 1.33 bits per heavy atom. The molecule has 1 heterocycles. The second-order valence-corrected chi connectivity index (χ2v) is 6.82. The van der Waals surface area contributed by atoms with Gasteiger partial charge in [0.1, 0.15) is 16.8 Å². The van der Waals surface area contributed by atoms with Crippen LogP contribution in [0.2, 0.25) is 0 Å². The summed E-state index contributed by atoms with van der Waals surface area (Å²) < 4.78 is 39.8. The number of rotatable bonds is 3. The molecule has 1 aliphatic rings. The lowest BCUT2D eigenvalue weighted by molar-refractivity contribution is -0.124. The zero-order valence-corrected chi connectivity index (χ0v) is 12.1. The van der Waals surface area contributed by atoms with Crippen LogP contribution in [0.25, 0.3) is 0 Å². The molecule has 0 aromatic heterocycles. The SMILES string of the molecule is NC(=O)C1C(O)CCCCN1S(=O)(=O)c1ccccc1F. The Bertz CT molecular complexity index is 635. The number of carbonyl (C=O) groups is 1. The summed E-state index contributed by atoms with van der Waals surface area (Å²) in [5.74, 6) is -1.84. The van der Waals surface area contributed by atoms with Gasteiger partial charge in [-0.2, -0.15) is 4.31 Å². The largest absolute Gasteiger partial charge is 0.391 e. The number of hydrogen-bond acceptors (Lipinski definition) is 4. The lowest BCUT2D eigenvalue weighted by Crippen LogP contribution is -2.53. The van der Waals surface area contributed by atoms with Crippen molar-refractivity contribution in [1.82, 2.24) is 4.31 Å². The van der Waals surface area contributed by atoms with Crippen LogP contribution in [0.1, 0.15) is 19.3 Å². The molecular weight excluding hydrogens is 299 g/mol. The number of amides is 1. The van der Waals surface area contributed by atoms with E-state index >= 15 is 0 Å². The monoisotopic (exact) mass is 316 g/mol. The smallest absolute Gasteiger partial charge is 0.246 e. The number of carbonyl (C=O) groups excluding carboxylic acids is 1. The third-order valence-electron chi connectivity index (χ3n) is 3.52. The highest BCUT2D eigenvalue weighted by Crippen LogP contribution is 2.26. The van der Waals surface area contributed by atoms with Crippen molar-refractivity contribution in [3.63, 3.8) is 0 Å². The molecule has 0 saturated carbocycles. The van der Waals surface area contributed by atoms with Gasteiger partial charge >= 0.3 is 0 Å². The van der Waals surface area contributed by atoms with E-state index in [0.29, 0.717) is 12.8 Å². The number of nitrogens with zero attached hydrogens (tertiary/aromatic N) is 1. The normalized spacial score (nSPS) is 24.5. The Balaban J connectivity index is 2.50. The van der Waals surface area contributed by atoms with Gasteiger partial charge in [-0.05, 0) is 31.4 Å². The second-order valence-electron chi connectivity index (χ2n) is 4.96. The summed E-state index contributed by atoms with van der Waals surface area (Å²) in [7, 11) is -4.25. The van der Waals surface area contributed by atoms with Crippen molar-refractivity contribution in [3.05, 3.63) is 30.1 Å². The minimum atomic E-state index is -4.25. The minimum Gasteiger partial charge on any atom is -0.391 e. The molecule has 0 radical (unpaired) electrons. The van der Waals surface area contributed by atoms with Crippen molar-refractivity contribution >= 4 is 15.9 Å². The maximum Gasteiger partial charge on any atom is 0.246 e. The van der Waals surface area contributed by atoms with Crippen molar-refractivity contribution in [1.29, 1.82) is 0 Å². The zero-order valence-electron chi connectivity index (χ0n) is 11.3. The van der Waals surface area contributed by atoms with Crippen molar-refractivity contribution in [2.75, 3.05) is 6.54 Å². The quantitative estimate of drug-likeness (QED) is 0.832. The molecule has 0 aliphatic carbocycles. The predicted octanol–water partition coefficient (Wildman–Crippen LogP) is 0.215. The number of benzene rings is 1. The Kier molecular flexibility index (Phi) is 4.60. The van der Waals surface area contributed by atoms with Gasteiger partial charge in [0.2, 0.25) is 15.9 Å². The van der Waals surface area contributed by atoms with Gasteiger partial charge < -0.3 is 10.8 Å². The van der Waals surface area contributed by atoms with E-state index in [1.807, 2.05) is 0 Å². The molecule has 6 nitrogen and oxygen atoms in total. The van der Waals surface area contributed by atoms with Crippen LogP contribution in [0.15, 0.2) is 29.2 Å². The summed E-state index contributed by atoms with van der Waals surface area (Å²) in [6, 6.07) is 3.54. The molecule has 1 aromatic rings. The minimum absolute atomic E-state index is 0.0152. The van der Waals surface area contributed by atoms with E-state index in [4.69, 9.17) is 5.73 Å². The van der Waals surface area contributed by atoms with Crippen LogP contribution < -0.4 is 5.73 Å². The fraction of sp³-hybridized carbons (Fsp3) is 0.462. The van der Waals surface area contributed by atoms with Crippen molar-refractivity contribution < 1.29 is 22.7 Å². The first-order valence-electron chi connectivity index (χ1n) is 6.59. The summed E-state index contributed by atoms with van der Waals surface area (Å²) in [5, 5.41) is 9.97. The first kappa shape index (κ1) is 15.9. The fourth-order valence-corrected chi connectivity index (χ4v) is 4.22. The first-order valence-corrected chi connectivity index (χ1v) is 8.03. The van der Waals surface area contributed by atoms with Gasteiger partial charge in [-0.25, -0.2) is 12.8 Å². The molecule has 116 valence electrons. The van der Waals surface area contributed by atoms with E-state index in [2.05, 4.69) is 0 Å². The number of aliphatic hydroxyl groups is 1. The topological polar surface area (TPSA) is 101 Å². The van der Waals surface area contributed by atoms with Crippen molar-refractivity contribution in [2.24, 2.45) is 5.73 Å². The molecular formula is C13H17FN2O4S. The average molecular weight is 316 g/mol. The predicted molar refractivity (Wildman–Crippen MR) is 73.1 cm³/mol. The van der Waals surface area contributed by atoms with Crippen LogP contribution in [-0.2, 0) is 14.8 Å². The van der Waals surface area contributed by atoms with Gasteiger partial charge in [0.25, 0.3) is 0 Å². The number of hydrogen-bond donors (Lipinski definition) is 2. The summed E-state index contributed by atoms with van der Waals surface area (Å²) in [5.41, 5.74) is 5.23. The molecule has 1 amide bonds. The Morgan fingerprint density at radius 3 is 2.62 bits per heavy atom. The van der Waals surface area contributed by atoms with Gasteiger partial charge in [-0.15, -0.1) is 0 Å². The molecule has 8 heteroatoms. The number of primary amides is 1. The van der Waals surface area contributed by atoms with Gasteiger partial charge in [0.05, 0.1) is 6.10 Å². The lowest BCUT2D eigenvalue weighted by atomic mass is 10.1. The molecule has 0 spiro atoms. The summed E-state index contributed by atoms with van der Waals surface area (Å²) >= 11 is 0. The van der Waals surface area contributed by atoms with E-state index in [1.165, 1.54) is 12.1 Å². The standard InChI is InChI=1S/C13H17FN2O4S/c14-9-5-1-2-7-11(9)21(19,20)16-8-4-3-6-10(17)12(16)13(15)18/h1-2,5,7,10,12,17H,3-4,6,8H2,(H2,15,18). The zero-order chi connectivity index (χ0) is 15.6. The molecule has 1 fully saturated rings. The Labute approximate surface area is 122 Å². The molecule has 2 atom stereocenters. The van der Waals surface area contributed by atoms with Gasteiger partial charge in [-0.1, -0.05) is 12.1 Å². The average Bonchev–Trinajstić information content (AvgIpc) is 2.61. The van der Waals surface area contributed by atoms with Crippen molar-refractivity contribution in [2.45, 2.75) is 36.3 Å². The molecule has 3 N–H and O–H groups in total. The number of halogens is 1. The molecule has 2 unspecified atom stereocenters. The lowest BCUT2D eigenvalue weighted by Gasteiger charge is -2.29. The van der Waals surface area contributed by atoms with Crippen molar-refractivity contribution in [3.8, 4) is 0 Å². The summed E-state index contributed by atoms with van der Waals surface area (Å²) in [6.07, 6.45) is 0.117. The highest BCUT2D eigenvalue weighted by atomic mass is 32.2. The second kappa shape index (κ2) is 6.08. The third-order valence-corrected chi connectivity index (χ3v) is 5.43. The van der Waals surface area contributed by atoms with E-state index in [9.17, 15) is 22.7 Å². The molecule has 21 heavy (non-hydrogen) atoms. The van der Waals surface area contributed by atoms with Crippen LogP contribution in [0.5, 0.6) is 0 Å². The fourth-order valence-electron chi connectivity index (χ4n) is 2.49. The molecule has 0 bridgehead atoms. The van der Waals surface area contributed by atoms with E-state index in [0.717, 1.165) is 16.4 Å². The number of aliphatic hydroxyl groups excluding tert-OH is 1. The van der Waals surface area contributed by atoms with Crippen LogP contribution in [0.3, 0.4) is 0 Å². The third kappa shape index (κ3) is 3.07. The summed E-state index contributed by atoms with van der Waals surface area (Å²) in [6.45, 7) is 0.0152. The van der Waals surface area contributed by atoms with Crippen LogP contribution in [0.4, 0.5) is 4.39 Å². The molecule has 1 aliphatic heterocycles. The highest BCUT2D eigenvalue weighted by Gasteiger charge is 2.41. The van der Waals surface area contributed by atoms with Gasteiger partial charge in [0.15, 0.2) is 0 Å². The van der Waals surface area contributed by atoms with E-state index in [1.54, 1.807) is 0 Å². The van der Waals surface area contributed by atoms with Crippen LogP contribution >= 0.6 is 0 Å². The van der Waals surface area contributed by atoms with E-state index < -0.39 is 38.8 Å². The number of nitrogens with two attached hydrogens (primary N) is 1.